The number of unbranched alkanes of at least 4 members (excludes halogenated alkanes) is 10. The van der Waals surface area contributed by atoms with Crippen LogP contribution in [0.25, 0.3) is 0 Å². The van der Waals surface area contributed by atoms with Gasteiger partial charge in [0.05, 0.1) is 6.10 Å². The lowest BCUT2D eigenvalue weighted by Gasteiger charge is -2.21. The summed E-state index contributed by atoms with van der Waals surface area (Å²) >= 11 is 0. The third-order valence-electron chi connectivity index (χ3n) is 4.88. The maximum atomic E-state index is 12.1. The zero-order valence-electron chi connectivity index (χ0n) is 15.2. The number of likely N-dealkylation sites (tertiary alicyclic amines) is 1. The molecule has 1 rings (SSSR count). The summed E-state index contributed by atoms with van der Waals surface area (Å²) in [5.74, 6) is -1.14. The second kappa shape index (κ2) is 12.3. The molecule has 5 nitrogen and oxygen atoms in total. The Morgan fingerprint density at radius 3 is 1.92 bits per heavy atom. The Kier molecular flexibility index (Phi) is 10.7. The van der Waals surface area contributed by atoms with Crippen molar-refractivity contribution in [2.45, 2.75) is 103 Å². The molecule has 24 heavy (non-hydrogen) atoms. The number of carboxylic acid groups (broad SMARTS) is 1. The molecule has 1 saturated heterocycles. The molecule has 1 aliphatic heterocycles. The van der Waals surface area contributed by atoms with Crippen LogP contribution in [0.15, 0.2) is 0 Å². The second-order valence-corrected chi connectivity index (χ2v) is 7.08. The first-order valence-electron chi connectivity index (χ1n) is 9.76. The van der Waals surface area contributed by atoms with Gasteiger partial charge < -0.3 is 15.1 Å². The van der Waals surface area contributed by atoms with Crippen molar-refractivity contribution in [1.29, 1.82) is 0 Å². The molecule has 1 heterocycles. The summed E-state index contributed by atoms with van der Waals surface area (Å²) in [7, 11) is 0. The van der Waals surface area contributed by atoms with E-state index in [0.29, 0.717) is 6.42 Å². The number of nitrogens with zero attached hydrogens (tertiary/aromatic N) is 1. The van der Waals surface area contributed by atoms with E-state index in [4.69, 9.17) is 5.11 Å². The van der Waals surface area contributed by atoms with Gasteiger partial charge in [0.25, 0.3) is 0 Å². The van der Waals surface area contributed by atoms with Crippen LogP contribution in [0.3, 0.4) is 0 Å². The molecule has 0 aromatic heterocycles. The molecule has 1 fully saturated rings. The average Bonchev–Trinajstić information content (AvgIpc) is 2.94. The van der Waals surface area contributed by atoms with Gasteiger partial charge in [0.15, 0.2) is 0 Å². The fourth-order valence-electron chi connectivity index (χ4n) is 3.41. The zero-order chi connectivity index (χ0) is 17.8. The van der Waals surface area contributed by atoms with Crippen molar-refractivity contribution < 1.29 is 19.8 Å². The number of hydrogen-bond acceptors (Lipinski definition) is 3. The summed E-state index contributed by atoms with van der Waals surface area (Å²) in [6.45, 7) is 2.40. The molecule has 0 spiro atoms. The highest BCUT2D eigenvalue weighted by Gasteiger charge is 2.38. The minimum Gasteiger partial charge on any atom is -0.480 e. The monoisotopic (exact) mass is 341 g/mol. The molecule has 2 N–H and O–H groups in total. The number of carbonyl (C=O) groups excluding carboxylic acids is 1. The van der Waals surface area contributed by atoms with Gasteiger partial charge in [-0.3, -0.25) is 4.79 Å². The summed E-state index contributed by atoms with van der Waals surface area (Å²) in [5.41, 5.74) is 0. The number of hydrogen-bond donors (Lipinski definition) is 2. The van der Waals surface area contributed by atoms with Crippen LogP contribution in [-0.2, 0) is 9.59 Å². The van der Waals surface area contributed by atoms with Gasteiger partial charge in [-0.15, -0.1) is 0 Å². The van der Waals surface area contributed by atoms with Gasteiger partial charge in [-0.1, -0.05) is 71.1 Å². The van der Waals surface area contributed by atoms with Crippen molar-refractivity contribution in [3.05, 3.63) is 0 Å². The lowest BCUT2D eigenvalue weighted by atomic mass is 10.1. The highest BCUT2D eigenvalue weighted by Crippen LogP contribution is 2.20. The fraction of sp³-hybridized carbons (Fsp3) is 0.895. The molecule has 2 atom stereocenters. The normalized spacial score (nSPS) is 20.5. The Hall–Kier alpha value is -1.10. The Labute approximate surface area is 146 Å². The fourth-order valence-corrected chi connectivity index (χ4v) is 3.41. The molecular weight excluding hydrogens is 306 g/mol. The number of amides is 1. The first-order chi connectivity index (χ1) is 11.6. The smallest absolute Gasteiger partial charge is 0.326 e. The number of carboxylic acids is 1. The van der Waals surface area contributed by atoms with Gasteiger partial charge >= 0.3 is 5.97 Å². The molecule has 1 aliphatic rings. The van der Waals surface area contributed by atoms with E-state index in [-0.39, 0.29) is 18.9 Å². The number of rotatable bonds is 13. The third-order valence-corrected chi connectivity index (χ3v) is 4.88. The van der Waals surface area contributed by atoms with E-state index in [1.807, 2.05) is 0 Å². The van der Waals surface area contributed by atoms with Crippen LogP contribution in [-0.4, -0.2) is 45.7 Å². The highest BCUT2D eigenvalue weighted by molar-refractivity contribution is 5.84. The van der Waals surface area contributed by atoms with Gasteiger partial charge in [-0.25, -0.2) is 4.79 Å². The van der Waals surface area contributed by atoms with E-state index in [9.17, 15) is 14.7 Å². The van der Waals surface area contributed by atoms with Crippen LogP contribution < -0.4 is 0 Å². The summed E-state index contributed by atoms with van der Waals surface area (Å²) in [6.07, 6.45) is 13.3. The first-order valence-corrected chi connectivity index (χ1v) is 9.76. The van der Waals surface area contributed by atoms with E-state index in [1.165, 1.54) is 56.3 Å². The average molecular weight is 341 g/mol. The SMILES string of the molecule is CCCCCCCCCCCCCC(=O)N1C[C@H](O)C[C@H]1C(=O)O. The van der Waals surface area contributed by atoms with Crippen molar-refractivity contribution in [1.82, 2.24) is 4.90 Å². The van der Waals surface area contributed by atoms with Crippen molar-refractivity contribution in [3.63, 3.8) is 0 Å². The summed E-state index contributed by atoms with van der Waals surface area (Å²) in [5, 5.41) is 18.7. The van der Waals surface area contributed by atoms with Crippen molar-refractivity contribution in [3.8, 4) is 0 Å². The van der Waals surface area contributed by atoms with Crippen molar-refractivity contribution in [2.75, 3.05) is 6.54 Å². The van der Waals surface area contributed by atoms with Gasteiger partial charge in [0.1, 0.15) is 6.04 Å². The Morgan fingerprint density at radius 2 is 1.42 bits per heavy atom. The Morgan fingerprint density at radius 1 is 0.917 bits per heavy atom. The van der Waals surface area contributed by atoms with Gasteiger partial charge in [0, 0.05) is 19.4 Å². The zero-order valence-corrected chi connectivity index (χ0v) is 15.2. The number of aliphatic hydroxyl groups excluding tert-OH is 1. The van der Waals surface area contributed by atoms with Crippen LogP contribution in [0.1, 0.15) is 90.4 Å². The van der Waals surface area contributed by atoms with E-state index < -0.39 is 18.1 Å². The highest BCUT2D eigenvalue weighted by atomic mass is 16.4. The summed E-state index contributed by atoms with van der Waals surface area (Å²) in [4.78, 5) is 24.6. The predicted octanol–water partition coefficient (Wildman–Crippen LogP) is 3.73. The van der Waals surface area contributed by atoms with Crippen LogP contribution in [0, 0.1) is 0 Å². The summed E-state index contributed by atoms with van der Waals surface area (Å²) in [6, 6.07) is -0.847. The predicted molar refractivity (Wildman–Crippen MR) is 94.8 cm³/mol. The van der Waals surface area contributed by atoms with E-state index in [2.05, 4.69) is 6.92 Å². The molecule has 5 heteroatoms. The van der Waals surface area contributed by atoms with Crippen LogP contribution in [0.4, 0.5) is 0 Å². The quantitative estimate of drug-likeness (QED) is 0.500. The first kappa shape index (κ1) is 20.9. The molecule has 0 aromatic carbocycles. The largest absolute Gasteiger partial charge is 0.480 e. The van der Waals surface area contributed by atoms with E-state index >= 15 is 0 Å². The molecule has 0 saturated carbocycles. The number of β-amino-alcohol motifs (C(OH)–C–C–N with tert-alkyl or cyclic N) is 1. The van der Waals surface area contributed by atoms with Gasteiger partial charge in [-0.2, -0.15) is 0 Å². The minimum absolute atomic E-state index is 0.130. The van der Waals surface area contributed by atoms with E-state index in [1.54, 1.807) is 0 Å². The summed E-state index contributed by atoms with van der Waals surface area (Å²) < 4.78 is 0. The molecule has 0 aromatic rings. The molecule has 0 aliphatic carbocycles. The van der Waals surface area contributed by atoms with Crippen molar-refractivity contribution in [2.24, 2.45) is 0 Å². The standard InChI is InChI=1S/C19H35NO4/c1-2-3-4-5-6-7-8-9-10-11-12-13-18(22)20-15-16(21)14-17(20)19(23)24/h16-17,21H,2-15H2,1H3,(H,23,24)/t16-,17+/m1/s1. The number of aliphatic carboxylic acids is 1. The van der Waals surface area contributed by atoms with Crippen LogP contribution in [0.2, 0.25) is 0 Å². The maximum Gasteiger partial charge on any atom is 0.326 e. The molecule has 1 amide bonds. The second-order valence-electron chi connectivity index (χ2n) is 7.08. The lowest BCUT2D eigenvalue weighted by Crippen LogP contribution is -2.40. The van der Waals surface area contributed by atoms with Gasteiger partial charge in [-0.05, 0) is 6.42 Å². The lowest BCUT2D eigenvalue weighted by molar-refractivity contribution is -0.148. The minimum atomic E-state index is -1.01. The molecule has 0 bridgehead atoms. The van der Waals surface area contributed by atoms with Gasteiger partial charge in [0.2, 0.25) is 5.91 Å². The molecule has 0 unspecified atom stereocenters. The number of carbonyl (C=O) groups is 2. The molecular formula is C19H35NO4. The molecule has 140 valence electrons. The van der Waals surface area contributed by atoms with Crippen LogP contribution in [0.5, 0.6) is 0 Å². The topological polar surface area (TPSA) is 77.8 Å². The maximum absolute atomic E-state index is 12.1. The third kappa shape index (κ3) is 8.13. The Bertz CT molecular complexity index is 372. The van der Waals surface area contributed by atoms with Crippen LogP contribution >= 0.6 is 0 Å². The number of aliphatic hydroxyl groups is 1. The molecule has 0 radical (unpaired) electrons. The Balaban J connectivity index is 2.01. The van der Waals surface area contributed by atoms with E-state index in [0.717, 1.165) is 19.3 Å². The van der Waals surface area contributed by atoms with Crippen molar-refractivity contribution >= 4 is 11.9 Å².